The maximum atomic E-state index is 12.4. The van der Waals surface area contributed by atoms with Crippen molar-refractivity contribution in [2.24, 2.45) is 0 Å². The van der Waals surface area contributed by atoms with Crippen molar-refractivity contribution in [2.45, 2.75) is 32.4 Å². The number of hydrogen-bond acceptors (Lipinski definition) is 3. The number of aromatic nitrogens is 2. The Kier molecular flexibility index (Phi) is 6.24. The number of carbonyl (C=O) groups is 1. The first-order valence-electron chi connectivity index (χ1n) is 9.50. The Bertz CT molecular complexity index is 883. The zero-order valence-electron chi connectivity index (χ0n) is 16.4. The molecule has 1 aromatic heterocycles. The molecule has 3 rings (SSSR count). The molecule has 0 aliphatic heterocycles. The second-order valence-electron chi connectivity index (χ2n) is 7.06. The van der Waals surface area contributed by atoms with Crippen LogP contribution in [0.2, 0.25) is 0 Å². The van der Waals surface area contributed by atoms with E-state index in [9.17, 15) is 4.79 Å². The highest BCUT2D eigenvalue weighted by Gasteiger charge is 2.15. The maximum absolute atomic E-state index is 12.4. The van der Waals surface area contributed by atoms with Crippen LogP contribution in [0.4, 0.5) is 0 Å². The summed E-state index contributed by atoms with van der Waals surface area (Å²) in [6, 6.07) is 16.8. The molecular weight excluding hydrogens is 336 g/mol. The van der Waals surface area contributed by atoms with Gasteiger partial charge in [-0.25, -0.2) is 4.98 Å². The second kappa shape index (κ2) is 8.82. The lowest BCUT2D eigenvalue weighted by molar-refractivity contribution is -0.121. The van der Waals surface area contributed by atoms with E-state index in [1.807, 2.05) is 42.9 Å². The van der Waals surface area contributed by atoms with Crippen molar-refractivity contribution in [3.63, 3.8) is 0 Å². The maximum Gasteiger partial charge on any atom is 0.221 e. The van der Waals surface area contributed by atoms with Gasteiger partial charge in [0.25, 0.3) is 0 Å². The molecule has 1 unspecified atom stereocenters. The smallest absolute Gasteiger partial charge is 0.221 e. The SMILES string of the molecule is CCc1ccc(C(CNC(=O)CCn2cnc3ccccc32)N(C)C)cc1. The fraction of sp³-hybridized carbons (Fsp3) is 0.364. The van der Waals surface area contributed by atoms with Gasteiger partial charge in [-0.2, -0.15) is 0 Å². The number of likely N-dealkylation sites (N-methyl/N-ethyl adjacent to an activating group) is 1. The van der Waals surface area contributed by atoms with Crippen molar-refractivity contribution >= 4 is 16.9 Å². The standard InChI is InChI=1S/C22H28N4O/c1-4-17-9-11-18(12-10-17)21(25(2)3)15-23-22(27)13-14-26-16-24-19-7-5-6-8-20(19)26/h5-12,16,21H,4,13-15H2,1-3H3,(H,23,27). The topological polar surface area (TPSA) is 50.2 Å². The van der Waals surface area contributed by atoms with Gasteiger partial charge >= 0.3 is 0 Å². The van der Waals surface area contributed by atoms with E-state index in [-0.39, 0.29) is 11.9 Å². The summed E-state index contributed by atoms with van der Waals surface area (Å²) >= 11 is 0. The fourth-order valence-corrected chi connectivity index (χ4v) is 3.28. The van der Waals surface area contributed by atoms with Gasteiger partial charge in [-0.1, -0.05) is 43.3 Å². The normalized spacial score (nSPS) is 12.4. The highest BCUT2D eigenvalue weighted by molar-refractivity contribution is 5.77. The van der Waals surface area contributed by atoms with Gasteiger partial charge in [-0.15, -0.1) is 0 Å². The predicted molar refractivity (Wildman–Crippen MR) is 110 cm³/mol. The molecule has 5 nitrogen and oxygen atoms in total. The first kappa shape index (κ1) is 19.1. The summed E-state index contributed by atoms with van der Waals surface area (Å²) in [6.07, 6.45) is 3.28. The fourth-order valence-electron chi connectivity index (χ4n) is 3.28. The van der Waals surface area contributed by atoms with Crippen molar-refractivity contribution in [3.05, 3.63) is 66.0 Å². The van der Waals surface area contributed by atoms with E-state index in [2.05, 4.69) is 46.4 Å². The Morgan fingerprint density at radius 3 is 2.59 bits per heavy atom. The van der Waals surface area contributed by atoms with Crippen LogP contribution in [0, 0.1) is 0 Å². The van der Waals surface area contributed by atoms with Gasteiger partial charge in [0.2, 0.25) is 5.91 Å². The third kappa shape index (κ3) is 4.74. The number of hydrogen-bond donors (Lipinski definition) is 1. The lowest BCUT2D eigenvalue weighted by Crippen LogP contribution is -2.34. The Balaban J connectivity index is 1.56. The summed E-state index contributed by atoms with van der Waals surface area (Å²) in [5.41, 5.74) is 4.57. The van der Waals surface area contributed by atoms with Crippen molar-refractivity contribution < 1.29 is 4.79 Å². The van der Waals surface area contributed by atoms with Crippen molar-refractivity contribution in [3.8, 4) is 0 Å². The predicted octanol–water partition coefficient (Wildman–Crippen LogP) is 3.41. The second-order valence-corrected chi connectivity index (χ2v) is 7.06. The summed E-state index contributed by atoms with van der Waals surface area (Å²) in [4.78, 5) is 18.9. The largest absolute Gasteiger partial charge is 0.354 e. The number of amides is 1. The average molecular weight is 364 g/mol. The molecule has 27 heavy (non-hydrogen) atoms. The number of carbonyl (C=O) groups excluding carboxylic acids is 1. The molecule has 0 bridgehead atoms. The molecule has 0 radical (unpaired) electrons. The Morgan fingerprint density at radius 2 is 1.89 bits per heavy atom. The summed E-state index contributed by atoms with van der Waals surface area (Å²) in [5.74, 6) is 0.0600. The third-order valence-corrected chi connectivity index (χ3v) is 5.00. The molecule has 1 amide bonds. The molecule has 0 aliphatic rings. The van der Waals surface area contributed by atoms with Crippen molar-refractivity contribution in [1.82, 2.24) is 19.8 Å². The zero-order chi connectivity index (χ0) is 19.2. The summed E-state index contributed by atoms with van der Waals surface area (Å²) in [5, 5.41) is 3.09. The van der Waals surface area contributed by atoms with Gasteiger partial charge in [0.1, 0.15) is 0 Å². The Morgan fingerprint density at radius 1 is 1.15 bits per heavy atom. The van der Waals surface area contributed by atoms with Crippen LogP contribution in [0.3, 0.4) is 0 Å². The number of fused-ring (bicyclic) bond motifs is 1. The number of nitrogens with one attached hydrogen (secondary N) is 1. The Labute approximate surface area is 161 Å². The molecule has 1 heterocycles. The summed E-state index contributed by atoms with van der Waals surface area (Å²) in [7, 11) is 4.09. The highest BCUT2D eigenvalue weighted by atomic mass is 16.1. The molecule has 0 spiro atoms. The molecule has 3 aromatic rings. The number of benzene rings is 2. The van der Waals surface area contributed by atoms with Crippen LogP contribution in [-0.4, -0.2) is 41.0 Å². The molecule has 1 atom stereocenters. The van der Waals surface area contributed by atoms with Crippen LogP contribution in [0.5, 0.6) is 0 Å². The van der Waals surface area contributed by atoms with Gasteiger partial charge in [-0.3, -0.25) is 4.79 Å². The number of para-hydroxylation sites is 2. The van der Waals surface area contributed by atoms with E-state index in [4.69, 9.17) is 0 Å². The third-order valence-electron chi connectivity index (χ3n) is 5.00. The van der Waals surface area contributed by atoms with E-state index < -0.39 is 0 Å². The quantitative estimate of drug-likeness (QED) is 0.666. The van der Waals surface area contributed by atoms with Crippen LogP contribution in [-0.2, 0) is 17.8 Å². The molecule has 5 heteroatoms. The van der Waals surface area contributed by atoms with Crippen LogP contribution in [0.15, 0.2) is 54.9 Å². The highest BCUT2D eigenvalue weighted by Crippen LogP contribution is 2.18. The van der Waals surface area contributed by atoms with Gasteiger partial charge in [0.15, 0.2) is 0 Å². The van der Waals surface area contributed by atoms with E-state index >= 15 is 0 Å². The number of nitrogens with zero attached hydrogens (tertiary/aromatic N) is 3. The van der Waals surface area contributed by atoms with Crippen LogP contribution >= 0.6 is 0 Å². The summed E-state index contributed by atoms with van der Waals surface area (Å²) < 4.78 is 2.03. The monoisotopic (exact) mass is 364 g/mol. The van der Waals surface area contributed by atoms with Crippen LogP contribution < -0.4 is 5.32 Å². The van der Waals surface area contributed by atoms with Gasteiger partial charge < -0.3 is 14.8 Å². The number of imidazole rings is 1. The molecule has 0 saturated heterocycles. The van der Waals surface area contributed by atoms with Gasteiger partial charge in [0.05, 0.1) is 23.4 Å². The van der Waals surface area contributed by atoms with E-state index in [1.165, 1.54) is 11.1 Å². The molecule has 0 aliphatic carbocycles. The minimum atomic E-state index is 0.0600. The lowest BCUT2D eigenvalue weighted by atomic mass is 10.0. The van der Waals surface area contributed by atoms with E-state index in [0.717, 1.165) is 17.5 Å². The first-order valence-corrected chi connectivity index (χ1v) is 9.50. The average Bonchev–Trinajstić information content (AvgIpc) is 3.10. The molecule has 142 valence electrons. The van der Waals surface area contributed by atoms with E-state index in [0.29, 0.717) is 19.5 Å². The molecule has 0 saturated carbocycles. The molecule has 2 aromatic carbocycles. The van der Waals surface area contributed by atoms with Gasteiger partial charge in [0, 0.05) is 19.5 Å². The number of rotatable bonds is 8. The van der Waals surface area contributed by atoms with Gasteiger partial charge in [-0.05, 0) is 43.8 Å². The molecule has 1 N–H and O–H groups in total. The minimum Gasteiger partial charge on any atom is -0.354 e. The molecule has 0 fully saturated rings. The zero-order valence-corrected chi connectivity index (χ0v) is 16.4. The van der Waals surface area contributed by atoms with Crippen molar-refractivity contribution in [2.75, 3.05) is 20.6 Å². The molecular formula is C22H28N4O. The lowest BCUT2D eigenvalue weighted by Gasteiger charge is -2.25. The Hall–Kier alpha value is -2.66. The minimum absolute atomic E-state index is 0.0600. The van der Waals surface area contributed by atoms with Crippen LogP contribution in [0.25, 0.3) is 11.0 Å². The first-order chi connectivity index (χ1) is 13.1. The van der Waals surface area contributed by atoms with E-state index in [1.54, 1.807) is 6.33 Å². The van der Waals surface area contributed by atoms with Crippen LogP contribution in [0.1, 0.15) is 30.5 Å². The van der Waals surface area contributed by atoms with Crippen molar-refractivity contribution in [1.29, 1.82) is 0 Å². The number of aryl methyl sites for hydroxylation is 2. The summed E-state index contributed by atoms with van der Waals surface area (Å²) in [6.45, 7) is 3.38.